The number of carboxylic acid groups (broad SMARTS) is 2. The Morgan fingerprint density at radius 2 is 1.63 bits per heavy atom. The fraction of sp³-hybridized carbons (Fsp3) is 0.913. The van der Waals surface area contributed by atoms with E-state index in [0.717, 1.165) is 50.9 Å². The van der Waals surface area contributed by atoms with E-state index in [4.69, 9.17) is 0 Å². The highest BCUT2D eigenvalue weighted by atomic mass is 16.4. The van der Waals surface area contributed by atoms with E-state index < -0.39 is 17.4 Å². The van der Waals surface area contributed by atoms with E-state index in [9.17, 15) is 19.8 Å². The summed E-state index contributed by atoms with van der Waals surface area (Å²) < 4.78 is 0. The standard InChI is InChI=1S/C23H40O4/c1-17(2)10-6-3-4-7-13-20-16-18(21(24)25)14-15-23(20,22(26)27)19-11-8-5-9-12-19/h17-20H,3-16H2,1-2H3,(H,24,25)(H,26,27). The summed E-state index contributed by atoms with van der Waals surface area (Å²) in [6.45, 7) is 4.50. The third kappa shape index (κ3) is 5.71. The zero-order chi connectivity index (χ0) is 19.9. The van der Waals surface area contributed by atoms with E-state index in [1.165, 1.54) is 25.7 Å². The van der Waals surface area contributed by atoms with Crippen LogP contribution in [0.5, 0.6) is 0 Å². The van der Waals surface area contributed by atoms with E-state index in [1.54, 1.807) is 0 Å². The molecular formula is C23H40O4. The quantitative estimate of drug-likeness (QED) is 0.447. The van der Waals surface area contributed by atoms with Gasteiger partial charge in [-0.3, -0.25) is 9.59 Å². The first-order valence-corrected chi connectivity index (χ1v) is 11.3. The number of hydrogen-bond acceptors (Lipinski definition) is 2. The van der Waals surface area contributed by atoms with Gasteiger partial charge >= 0.3 is 11.9 Å². The van der Waals surface area contributed by atoms with Crippen LogP contribution >= 0.6 is 0 Å². The minimum atomic E-state index is -0.737. The van der Waals surface area contributed by atoms with Gasteiger partial charge in [0.2, 0.25) is 0 Å². The van der Waals surface area contributed by atoms with Crippen molar-refractivity contribution in [2.24, 2.45) is 29.1 Å². The molecular weight excluding hydrogens is 340 g/mol. The van der Waals surface area contributed by atoms with Gasteiger partial charge in [0, 0.05) is 0 Å². The molecule has 3 atom stereocenters. The van der Waals surface area contributed by atoms with Crippen LogP contribution in [-0.4, -0.2) is 22.2 Å². The lowest BCUT2D eigenvalue weighted by Crippen LogP contribution is -2.50. The van der Waals surface area contributed by atoms with Gasteiger partial charge < -0.3 is 10.2 Å². The maximum absolute atomic E-state index is 12.5. The van der Waals surface area contributed by atoms with Crippen molar-refractivity contribution >= 4 is 11.9 Å². The molecule has 3 unspecified atom stereocenters. The third-order valence-electron chi connectivity index (χ3n) is 7.37. The van der Waals surface area contributed by atoms with E-state index >= 15 is 0 Å². The van der Waals surface area contributed by atoms with Gasteiger partial charge in [0.25, 0.3) is 0 Å². The topological polar surface area (TPSA) is 74.6 Å². The van der Waals surface area contributed by atoms with Crippen molar-refractivity contribution < 1.29 is 19.8 Å². The Morgan fingerprint density at radius 3 is 2.22 bits per heavy atom. The van der Waals surface area contributed by atoms with Gasteiger partial charge in [0.15, 0.2) is 0 Å². The molecule has 27 heavy (non-hydrogen) atoms. The average Bonchev–Trinajstić information content (AvgIpc) is 2.64. The Kier molecular flexibility index (Phi) is 8.62. The Bertz CT molecular complexity index is 481. The second kappa shape index (κ2) is 10.5. The largest absolute Gasteiger partial charge is 0.481 e. The molecule has 2 N–H and O–H groups in total. The minimum absolute atomic E-state index is 0.0260. The number of carboxylic acids is 2. The van der Waals surface area contributed by atoms with E-state index in [-0.39, 0.29) is 17.8 Å². The second-order valence-corrected chi connectivity index (χ2v) is 9.57. The second-order valence-electron chi connectivity index (χ2n) is 9.57. The molecule has 0 radical (unpaired) electrons. The lowest BCUT2D eigenvalue weighted by Gasteiger charge is -2.49. The zero-order valence-electron chi connectivity index (χ0n) is 17.4. The molecule has 0 aromatic rings. The molecule has 4 nitrogen and oxygen atoms in total. The Morgan fingerprint density at radius 1 is 0.963 bits per heavy atom. The number of aliphatic carboxylic acids is 2. The summed E-state index contributed by atoms with van der Waals surface area (Å²) in [4.78, 5) is 24.1. The summed E-state index contributed by atoms with van der Waals surface area (Å²) in [5.41, 5.74) is -0.676. The molecule has 0 aromatic heterocycles. The first-order chi connectivity index (χ1) is 12.9. The fourth-order valence-electron chi connectivity index (χ4n) is 5.80. The van der Waals surface area contributed by atoms with Gasteiger partial charge in [-0.15, -0.1) is 0 Å². The number of rotatable bonds is 10. The molecule has 156 valence electrons. The summed E-state index contributed by atoms with van der Waals surface area (Å²) >= 11 is 0. The van der Waals surface area contributed by atoms with Crippen molar-refractivity contribution in [3.8, 4) is 0 Å². The molecule has 0 amide bonds. The third-order valence-corrected chi connectivity index (χ3v) is 7.37. The molecule has 0 aromatic carbocycles. The summed E-state index contributed by atoms with van der Waals surface area (Å²) in [5, 5.41) is 19.8. The highest BCUT2D eigenvalue weighted by Gasteiger charge is 2.54. The number of hydrogen-bond donors (Lipinski definition) is 2. The smallest absolute Gasteiger partial charge is 0.310 e. The van der Waals surface area contributed by atoms with Crippen LogP contribution < -0.4 is 0 Å². The predicted octanol–water partition coefficient (Wildman–Crippen LogP) is 6.14. The molecule has 2 rings (SSSR count). The number of carbonyl (C=O) groups is 2. The van der Waals surface area contributed by atoms with Crippen molar-refractivity contribution in [3.63, 3.8) is 0 Å². The monoisotopic (exact) mass is 380 g/mol. The van der Waals surface area contributed by atoms with Gasteiger partial charge in [0.05, 0.1) is 11.3 Å². The average molecular weight is 381 g/mol. The Balaban J connectivity index is 2.04. The maximum Gasteiger partial charge on any atom is 0.310 e. The van der Waals surface area contributed by atoms with Crippen LogP contribution in [0.4, 0.5) is 0 Å². The van der Waals surface area contributed by atoms with Crippen molar-refractivity contribution in [3.05, 3.63) is 0 Å². The first kappa shape index (κ1) is 22.2. The van der Waals surface area contributed by atoms with Crippen LogP contribution in [0.1, 0.15) is 104 Å². The molecule has 0 bridgehead atoms. The van der Waals surface area contributed by atoms with Gasteiger partial charge in [0.1, 0.15) is 0 Å². The van der Waals surface area contributed by atoms with Crippen LogP contribution in [0.15, 0.2) is 0 Å². The van der Waals surface area contributed by atoms with Crippen molar-refractivity contribution in [2.45, 2.75) is 104 Å². The zero-order valence-corrected chi connectivity index (χ0v) is 17.4. The van der Waals surface area contributed by atoms with E-state index in [0.29, 0.717) is 19.3 Å². The molecule has 0 heterocycles. The molecule has 2 aliphatic rings. The van der Waals surface area contributed by atoms with Gasteiger partial charge in [-0.2, -0.15) is 0 Å². The van der Waals surface area contributed by atoms with Crippen LogP contribution in [0.3, 0.4) is 0 Å². The molecule has 0 aliphatic heterocycles. The van der Waals surface area contributed by atoms with Crippen molar-refractivity contribution in [1.82, 2.24) is 0 Å². The normalized spacial score (nSPS) is 29.7. The van der Waals surface area contributed by atoms with Gasteiger partial charge in [-0.1, -0.05) is 65.2 Å². The molecule has 2 aliphatic carbocycles. The first-order valence-electron chi connectivity index (χ1n) is 11.3. The number of unbranched alkanes of at least 4 members (excludes halogenated alkanes) is 3. The Labute approximate surface area is 165 Å². The fourth-order valence-corrected chi connectivity index (χ4v) is 5.80. The minimum Gasteiger partial charge on any atom is -0.481 e. The van der Waals surface area contributed by atoms with Crippen LogP contribution in [-0.2, 0) is 9.59 Å². The van der Waals surface area contributed by atoms with Gasteiger partial charge in [-0.05, 0) is 56.3 Å². The van der Waals surface area contributed by atoms with Gasteiger partial charge in [-0.25, -0.2) is 0 Å². The molecule has 2 saturated carbocycles. The molecule has 4 heteroatoms. The highest BCUT2D eigenvalue weighted by molar-refractivity contribution is 5.77. The maximum atomic E-state index is 12.5. The molecule has 0 saturated heterocycles. The van der Waals surface area contributed by atoms with Crippen LogP contribution in [0, 0.1) is 29.1 Å². The molecule has 0 spiro atoms. The van der Waals surface area contributed by atoms with Crippen LogP contribution in [0.25, 0.3) is 0 Å². The van der Waals surface area contributed by atoms with Crippen molar-refractivity contribution in [2.75, 3.05) is 0 Å². The molecule has 2 fully saturated rings. The lowest BCUT2D eigenvalue weighted by atomic mass is 9.54. The van der Waals surface area contributed by atoms with E-state index in [1.807, 2.05) is 0 Å². The van der Waals surface area contributed by atoms with E-state index in [2.05, 4.69) is 13.8 Å². The summed E-state index contributed by atoms with van der Waals surface area (Å²) in [7, 11) is 0. The van der Waals surface area contributed by atoms with Crippen molar-refractivity contribution in [1.29, 1.82) is 0 Å². The summed E-state index contributed by atoms with van der Waals surface area (Å²) in [6.07, 6.45) is 13.9. The highest BCUT2D eigenvalue weighted by Crippen LogP contribution is 2.54. The SMILES string of the molecule is CC(C)CCCCCCC1CC(C(=O)O)CCC1(C(=O)O)C1CCCCC1. The predicted molar refractivity (Wildman–Crippen MR) is 108 cm³/mol. The summed E-state index contributed by atoms with van der Waals surface area (Å²) in [6, 6.07) is 0. The lowest BCUT2D eigenvalue weighted by molar-refractivity contribution is -0.168. The Hall–Kier alpha value is -1.06. The van der Waals surface area contributed by atoms with Crippen LogP contribution in [0.2, 0.25) is 0 Å². The summed E-state index contributed by atoms with van der Waals surface area (Å²) in [5.74, 6) is -0.734.